The summed E-state index contributed by atoms with van der Waals surface area (Å²) in [6.45, 7) is 5.31. The Morgan fingerprint density at radius 3 is 2.58 bits per heavy atom. The van der Waals surface area contributed by atoms with Gasteiger partial charge in [0.25, 0.3) is 0 Å². The van der Waals surface area contributed by atoms with Crippen molar-refractivity contribution in [2.45, 2.75) is 38.8 Å². The molecule has 26 heavy (non-hydrogen) atoms. The molecule has 0 aromatic heterocycles. The summed E-state index contributed by atoms with van der Waals surface area (Å²) in [6, 6.07) is 18.5. The van der Waals surface area contributed by atoms with Crippen molar-refractivity contribution in [3.8, 4) is 5.75 Å². The normalized spacial score (nSPS) is 16.7. The first-order valence-electron chi connectivity index (χ1n) is 9.47. The van der Waals surface area contributed by atoms with Crippen LogP contribution in [0.4, 0.5) is 0 Å². The fourth-order valence-corrected chi connectivity index (χ4v) is 3.13. The average Bonchev–Trinajstić information content (AvgIpc) is 2.64. The number of rotatable bonds is 9. The Morgan fingerprint density at radius 2 is 1.88 bits per heavy atom. The Labute approximate surface area is 156 Å². The lowest BCUT2D eigenvalue weighted by Crippen LogP contribution is -2.55. The van der Waals surface area contributed by atoms with E-state index < -0.39 is 0 Å². The highest BCUT2D eigenvalue weighted by Gasteiger charge is 2.33. The van der Waals surface area contributed by atoms with Gasteiger partial charge in [-0.15, -0.1) is 0 Å². The maximum atomic E-state index is 12.3. The second-order valence-electron chi connectivity index (χ2n) is 6.92. The van der Waals surface area contributed by atoms with E-state index in [1.165, 1.54) is 11.1 Å². The zero-order valence-electron chi connectivity index (χ0n) is 15.5. The summed E-state index contributed by atoms with van der Waals surface area (Å²) in [4.78, 5) is 14.6. The standard InChI is InChI=1S/C22H28N2O2/c1-18-9-11-20(12-10-18)26-16-6-5-14-23-22(25)21-13-15-24(21)17-19-7-3-2-4-8-19/h2-4,7-12,21H,5-6,13-17H2,1H3,(H,23,25). The second-order valence-corrected chi connectivity index (χ2v) is 6.92. The summed E-state index contributed by atoms with van der Waals surface area (Å²) in [5.74, 6) is 1.07. The van der Waals surface area contributed by atoms with Gasteiger partial charge in [-0.2, -0.15) is 0 Å². The van der Waals surface area contributed by atoms with E-state index in [2.05, 4.69) is 41.4 Å². The third-order valence-corrected chi connectivity index (χ3v) is 4.82. The number of amides is 1. The highest BCUT2D eigenvalue weighted by atomic mass is 16.5. The van der Waals surface area contributed by atoms with E-state index in [-0.39, 0.29) is 11.9 Å². The van der Waals surface area contributed by atoms with Crippen molar-refractivity contribution >= 4 is 5.91 Å². The minimum absolute atomic E-state index is 0.0269. The molecule has 1 atom stereocenters. The summed E-state index contributed by atoms with van der Waals surface area (Å²) in [5.41, 5.74) is 2.50. The van der Waals surface area contributed by atoms with Crippen molar-refractivity contribution in [2.24, 2.45) is 0 Å². The van der Waals surface area contributed by atoms with Crippen molar-refractivity contribution < 1.29 is 9.53 Å². The Balaban J connectivity index is 1.28. The molecule has 1 aliphatic rings. The first kappa shape index (κ1) is 18.5. The van der Waals surface area contributed by atoms with E-state index in [0.717, 1.165) is 38.1 Å². The van der Waals surface area contributed by atoms with E-state index >= 15 is 0 Å². The van der Waals surface area contributed by atoms with E-state index in [9.17, 15) is 4.79 Å². The summed E-state index contributed by atoms with van der Waals surface area (Å²) in [6.07, 6.45) is 2.82. The maximum Gasteiger partial charge on any atom is 0.237 e. The van der Waals surface area contributed by atoms with Gasteiger partial charge in [0.1, 0.15) is 5.75 Å². The number of benzene rings is 2. The third-order valence-electron chi connectivity index (χ3n) is 4.82. The molecular weight excluding hydrogens is 324 g/mol. The molecule has 1 fully saturated rings. The van der Waals surface area contributed by atoms with Crippen LogP contribution < -0.4 is 10.1 Å². The van der Waals surface area contributed by atoms with Gasteiger partial charge >= 0.3 is 0 Å². The lowest BCUT2D eigenvalue weighted by Gasteiger charge is -2.39. The zero-order valence-corrected chi connectivity index (χ0v) is 15.5. The number of hydrogen-bond acceptors (Lipinski definition) is 3. The predicted molar refractivity (Wildman–Crippen MR) is 104 cm³/mol. The topological polar surface area (TPSA) is 41.6 Å². The summed E-state index contributed by atoms with van der Waals surface area (Å²) < 4.78 is 5.71. The minimum Gasteiger partial charge on any atom is -0.494 e. The molecule has 1 aliphatic heterocycles. The van der Waals surface area contributed by atoms with Crippen molar-refractivity contribution in [2.75, 3.05) is 19.7 Å². The van der Waals surface area contributed by atoms with Crippen LogP contribution in [0.3, 0.4) is 0 Å². The van der Waals surface area contributed by atoms with Crippen LogP contribution in [0.2, 0.25) is 0 Å². The van der Waals surface area contributed by atoms with Gasteiger partial charge < -0.3 is 10.1 Å². The molecule has 0 bridgehead atoms. The molecule has 4 heteroatoms. The van der Waals surface area contributed by atoms with Gasteiger partial charge in [0.05, 0.1) is 12.6 Å². The Hall–Kier alpha value is -2.33. The Bertz CT molecular complexity index is 685. The number of ether oxygens (including phenoxy) is 1. The monoisotopic (exact) mass is 352 g/mol. The van der Waals surface area contributed by atoms with Gasteiger partial charge in [-0.05, 0) is 43.9 Å². The van der Waals surface area contributed by atoms with E-state index in [1.807, 2.05) is 30.3 Å². The second kappa shape index (κ2) is 9.39. The van der Waals surface area contributed by atoms with Crippen LogP contribution in [0.15, 0.2) is 54.6 Å². The molecule has 4 nitrogen and oxygen atoms in total. The third kappa shape index (κ3) is 5.33. The quantitative estimate of drug-likeness (QED) is 0.702. The molecule has 0 radical (unpaired) electrons. The predicted octanol–water partition coefficient (Wildman–Crippen LogP) is 3.54. The van der Waals surface area contributed by atoms with Crippen molar-refractivity contribution in [1.82, 2.24) is 10.2 Å². The highest BCUT2D eigenvalue weighted by molar-refractivity contribution is 5.82. The number of carbonyl (C=O) groups excluding carboxylic acids is 1. The molecule has 1 amide bonds. The number of aryl methyl sites for hydroxylation is 1. The number of nitrogens with one attached hydrogen (secondary N) is 1. The molecule has 2 aromatic carbocycles. The average molecular weight is 352 g/mol. The summed E-state index contributed by atoms with van der Waals surface area (Å²) in [7, 11) is 0. The largest absolute Gasteiger partial charge is 0.494 e. The lowest BCUT2D eigenvalue weighted by molar-refractivity contribution is -0.131. The van der Waals surface area contributed by atoms with Crippen LogP contribution in [-0.4, -0.2) is 36.5 Å². The minimum atomic E-state index is 0.0269. The number of hydrogen-bond donors (Lipinski definition) is 1. The van der Waals surface area contributed by atoms with E-state index in [4.69, 9.17) is 4.74 Å². The van der Waals surface area contributed by atoms with E-state index in [1.54, 1.807) is 0 Å². The lowest BCUT2D eigenvalue weighted by atomic mass is 10.0. The van der Waals surface area contributed by atoms with Gasteiger partial charge in [0.2, 0.25) is 5.91 Å². The Kier molecular flexibility index (Phi) is 6.67. The maximum absolute atomic E-state index is 12.3. The molecule has 1 unspecified atom stereocenters. The van der Waals surface area contributed by atoms with Gasteiger partial charge in [-0.3, -0.25) is 9.69 Å². The van der Waals surface area contributed by atoms with E-state index in [0.29, 0.717) is 13.2 Å². The van der Waals surface area contributed by atoms with Crippen molar-refractivity contribution in [1.29, 1.82) is 0 Å². The zero-order chi connectivity index (χ0) is 18.2. The van der Waals surface area contributed by atoms with Crippen LogP contribution >= 0.6 is 0 Å². The van der Waals surface area contributed by atoms with Gasteiger partial charge in [0.15, 0.2) is 0 Å². The molecule has 3 rings (SSSR count). The Morgan fingerprint density at radius 1 is 1.12 bits per heavy atom. The molecule has 0 spiro atoms. The highest BCUT2D eigenvalue weighted by Crippen LogP contribution is 2.20. The first-order valence-corrected chi connectivity index (χ1v) is 9.47. The SMILES string of the molecule is Cc1ccc(OCCCCNC(=O)C2CCN2Cc2ccccc2)cc1. The molecule has 1 saturated heterocycles. The van der Waals surface area contributed by atoms with Gasteiger partial charge in [-0.1, -0.05) is 48.0 Å². The van der Waals surface area contributed by atoms with Crippen LogP contribution in [-0.2, 0) is 11.3 Å². The number of nitrogens with zero attached hydrogens (tertiary/aromatic N) is 1. The molecule has 1 heterocycles. The number of likely N-dealkylation sites (tertiary alicyclic amines) is 1. The van der Waals surface area contributed by atoms with Crippen molar-refractivity contribution in [3.05, 3.63) is 65.7 Å². The van der Waals surface area contributed by atoms with Crippen LogP contribution in [0.25, 0.3) is 0 Å². The van der Waals surface area contributed by atoms with Gasteiger partial charge in [-0.25, -0.2) is 0 Å². The molecule has 138 valence electrons. The fourth-order valence-electron chi connectivity index (χ4n) is 3.13. The van der Waals surface area contributed by atoms with Crippen LogP contribution in [0, 0.1) is 6.92 Å². The smallest absolute Gasteiger partial charge is 0.237 e. The molecule has 0 saturated carbocycles. The van der Waals surface area contributed by atoms with Crippen molar-refractivity contribution in [3.63, 3.8) is 0 Å². The first-order chi connectivity index (χ1) is 12.7. The number of unbranched alkanes of at least 4 members (excludes halogenated alkanes) is 1. The molecule has 2 aromatic rings. The summed E-state index contributed by atoms with van der Waals surface area (Å²) >= 11 is 0. The molecule has 1 N–H and O–H groups in total. The fraction of sp³-hybridized carbons (Fsp3) is 0.409. The number of carbonyl (C=O) groups is 1. The van der Waals surface area contributed by atoms with Crippen LogP contribution in [0.1, 0.15) is 30.4 Å². The molecular formula is C22H28N2O2. The van der Waals surface area contributed by atoms with Gasteiger partial charge in [0, 0.05) is 19.6 Å². The van der Waals surface area contributed by atoms with Crippen LogP contribution in [0.5, 0.6) is 5.75 Å². The molecule has 0 aliphatic carbocycles. The summed E-state index contributed by atoms with van der Waals surface area (Å²) in [5, 5.41) is 3.07.